The highest BCUT2D eigenvalue weighted by Gasteiger charge is 2.01. The van der Waals surface area contributed by atoms with Gasteiger partial charge in [0.2, 0.25) is 0 Å². The van der Waals surface area contributed by atoms with E-state index in [1.54, 1.807) is 0 Å². The molecule has 0 aliphatic carbocycles. The van der Waals surface area contributed by atoms with Gasteiger partial charge in [-0.15, -0.1) is 0 Å². The second-order valence-corrected chi connectivity index (χ2v) is 5.95. The summed E-state index contributed by atoms with van der Waals surface area (Å²) in [6.45, 7) is 1.66. The lowest BCUT2D eigenvalue weighted by Crippen LogP contribution is -2.08. The van der Waals surface area contributed by atoms with Gasteiger partial charge in [0, 0.05) is 6.42 Å². The number of unbranched alkanes of at least 4 members (excludes halogenated alkanes) is 8. The molecule has 0 heterocycles. The molecule has 24 heavy (non-hydrogen) atoms. The van der Waals surface area contributed by atoms with Gasteiger partial charge < -0.3 is 14.6 Å². The Labute approximate surface area is 147 Å². The zero-order valence-electron chi connectivity index (χ0n) is 15.4. The molecule has 0 amide bonds. The lowest BCUT2D eigenvalue weighted by molar-refractivity contribution is -0.163. The fourth-order valence-corrected chi connectivity index (χ4v) is 2.30. The molecule has 0 aliphatic heterocycles. The smallest absolute Gasteiger partial charge is 0.307 e. The van der Waals surface area contributed by atoms with E-state index in [2.05, 4.69) is 36.0 Å². The summed E-state index contributed by atoms with van der Waals surface area (Å²) in [6.07, 6.45) is 22.3. The molecule has 1 N–H and O–H groups in total. The number of carbonyl (C=O) groups is 1. The number of esters is 1. The molecule has 140 valence electrons. The van der Waals surface area contributed by atoms with Crippen LogP contribution in [0.25, 0.3) is 0 Å². The van der Waals surface area contributed by atoms with Crippen LogP contribution >= 0.6 is 0 Å². The molecular formula is C20H36O4. The molecule has 0 bridgehead atoms. The Kier molecular flexibility index (Phi) is 19.0. The van der Waals surface area contributed by atoms with E-state index in [9.17, 15) is 4.79 Å². The maximum absolute atomic E-state index is 11.3. The van der Waals surface area contributed by atoms with Crippen molar-refractivity contribution >= 4 is 5.97 Å². The Morgan fingerprint density at radius 2 is 1.50 bits per heavy atom. The molecule has 0 fully saturated rings. The maximum Gasteiger partial charge on any atom is 0.307 e. The number of hydrogen-bond acceptors (Lipinski definition) is 4. The summed E-state index contributed by atoms with van der Waals surface area (Å²) in [6, 6.07) is 0. The van der Waals surface area contributed by atoms with Gasteiger partial charge in [0.25, 0.3) is 0 Å². The first-order valence-electron chi connectivity index (χ1n) is 9.45. The Bertz CT molecular complexity index is 324. The zero-order valence-corrected chi connectivity index (χ0v) is 15.4. The molecule has 0 spiro atoms. The standard InChI is InChI=1S/C20H36O4/c1-2-3-4-5-6-7-8-9-10-11-12-13-14-15-16-17-20(22)24-19-23-18-21/h6-7,9-10,21H,2-5,8,11-19H2,1H3/b7-6-,10-9-. The van der Waals surface area contributed by atoms with E-state index in [1.807, 2.05) is 0 Å². The molecule has 0 saturated carbocycles. The molecule has 0 aromatic heterocycles. The summed E-state index contributed by atoms with van der Waals surface area (Å²) < 4.78 is 9.30. The van der Waals surface area contributed by atoms with Gasteiger partial charge in [-0.25, -0.2) is 0 Å². The lowest BCUT2D eigenvalue weighted by atomic mass is 10.1. The fraction of sp³-hybridized carbons (Fsp3) is 0.750. The number of hydrogen-bond donors (Lipinski definition) is 1. The minimum absolute atomic E-state index is 0.157. The van der Waals surface area contributed by atoms with E-state index >= 15 is 0 Å². The van der Waals surface area contributed by atoms with E-state index in [4.69, 9.17) is 9.84 Å². The van der Waals surface area contributed by atoms with Crippen LogP contribution in [-0.4, -0.2) is 24.7 Å². The van der Waals surface area contributed by atoms with Crippen LogP contribution in [0.5, 0.6) is 0 Å². The monoisotopic (exact) mass is 340 g/mol. The van der Waals surface area contributed by atoms with E-state index in [1.165, 1.54) is 38.5 Å². The number of aliphatic hydroxyl groups is 1. The average molecular weight is 341 g/mol. The van der Waals surface area contributed by atoms with Crippen LogP contribution in [0.1, 0.15) is 84.0 Å². The third kappa shape index (κ3) is 18.9. The van der Waals surface area contributed by atoms with Crippen molar-refractivity contribution in [2.45, 2.75) is 84.0 Å². The molecule has 0 saturated heterocycles. The van der Waals surface area contributed by atoms with Gasteiger partial charge in [0.1, 0.15) is 6.79 Å². The molecule has 0 aromatic rings. The van der Waals surface area contributed by atoms with Crippen LogP contribution in [0.4, 0.5) is 0 Å². The topological polar surface area (TPSA) is 55.8 Å². The average Bonchev–Trinajstić information content (AvgIpc) is 2.58. The van der Waals surface area contributed by atoms with E-state index in [-0.39, 0.29) is 12.8 Å². The number of aliphatic hydroxyl groups excluding tert-OH is 1. The van der Waals surface area contributed by atoms with E-state index in [0.717, 1.165) is 32.1 Å². The predicted molar refractivity (Wildman–Crippen MR) is 98.5 cm³/mol. The largest absolute Gasteiger partial charge is 0.438 e. The summed E-state index contributed by atoms with van der Waals surface area (Å²) in [4.78, 5) is 11.3. The number of ether oxygens (including phenoxy) is 2. The quantitative estimate of drug-likeness (QED) is 0.170. The first-order chi connectivity index (χ1) is 11.8. The van der Waals surface area contributed by atoms with Crippen molar-refractivity contribution in [2.24, 2.45) is 0 Å². The summed E-state index contributed by atoms with van der Waals surface area (Å²) >= 11 is 0. The van der Waals surface area contributed by atoms with Gasteiger partial charge in [0.05, 0.1) is 0 Å². The van der Waals surface area contributed by atoms with Crippen LogP contribution in [0.15, 0.2) is 24.3 Å². The summed E-state index contributed by atoms with van der Waals surface area (Å²) in [7, 11) is 0. The van der Waals surface area contributed by atoms with Crippen molar-refractivity contribution in [1.82, 2.24) is 0 Å². The summed E-state index contributed by atoms with van der Waals surface area (Å²) in [5, 5.41) is 8.37. The van der Waals surface area contributed by atoms with Crippen LogP contribution in [0.3, 0.4) is 0 Å². The Morgan fingerprint density at radius 3 is 2.17 bits per heavy atom. The molecule has 0 aromatic carbocycles. The van der Waals surface area contributed by atoms with Crippen LogP contribution < -0.4 is 0 Å². The van der Waals surface area contributed by atoms with E-state index < -0.39 is 6.79 Å². The molecule has 0 atom stereocenters. The van der Waals surface area contributed by atoms with Crippen molar-refractivity contribution in [3.05, 3.63) is 24.3 Å². The van der Waals surface area contributed by atoms with Gasteiger partial charge in [-0.05, 0) is 38.5 Å². The highest BCUT2D eigenvalue weighted by molar-refractivity contribution is 5.69. The second-order valence-electron chi connectivity index (χ2n) is 5.95. The minimum Gasteiger partial charge on any atom is -0.438 e. The van der Waals surface area contributed by atoms with Crippen molar-refractivity contribution in [2.75, 3.05) is 13.6 Å². The predicted octanol–water partition coefficient (Wildman–Crippen LogP) is 5.27. The molecule has 0 rings (SSSR count). The van der Waals surface area contributed by atoms with Crippen LogP contribution in [0.2, 0.25) is 0 Å². The van der Waals surface area contributed by atoms with Crippen molar-refractivity contribution in [3.63, 3.8) is 0 Å². The highest BCUT2D eigenvalue weighted by atomic mass is 16.7. The van der Waals surface area contributed by atoms with Crippen LogP contribution in [0, 0.1) is 0 Å². The van der Waals surface area contributed by atoms with Crippen molar-refractivity contribution in [3.8, 4) is 0 Å². The highest BCUT2D eigenvalue weighted by Crippen LogP contribution is 2.08. The lowest BCUT2D eigenvalue weighted by Gasteiger charge is -2.03. The molecule has 0 aliphatic rings. The molecule has 0 unspecified atom stereocenters. The number of rotatable bonds is 17. The van der Waals surface area contributed by atoms with Crippen molar-refractivity contribution < 1.29 is 19.4 Å². The fourth-order valence-electron chi connectivity index (χ4n) is 2.30. The third-order valence-corrected chi connectivity index (χ3v) is 3.73. The first kappa shape index (κ1) is 22.9. The Balaban J connectivity index is 3.24. The van der Waals surface area contributed by atoms with Crippen molar-refractivity contribution in [1.29, 1.82) is 0 Å². The third-order valence-electron chi connectivity index (χ3n) is 3.73. The molecule has 4 nitrogen and oxygen atoms in total. The number of carbonyl (C=O) groups excluding carboxylic acids is 1. The van der Waals surface area contributed by atoms with Gasteiger partial charge in [0.15, 0.2) is 6.79 Å². The maximum atomic E-state index is 11.3. The summed E-state index contributed by atoms with van der Waals surface area (Å²) in [5.41, 5.74) is 0. The SMILES string of the molecule is CCCCC/C=C\C/C=C\CCCCCCCC(=O)OCOCO. The molecule has 4 heteroatoms. The number of allylic oxidation sites excluding steroid dienone is 4. The Morgan fingerprint density at radius 1 is 0.875 bits per heavy atom. The van der Waals surface area contributed by atoms with Gasteiger partial charge in [-0.1, -0.05) is 63.3 Å². The second kappa shape index (κ2) is 19.9. The van der Waals surface area contributed by atoms with E-state index in [0.29, 0.717) is 6.42 Å². The van der Waals surface area contributed by atoms with Gasteiger partial charge in [-0.3, -0.25) is 4.79 Å². The normalized spacial score (nSPS) is 11.6. The van der Waals surface area contributed by atoms with Gasteiger partial charge >= 0.3 is 5.97 Å². The first-order valence-corrected chi connectivity index (χ1v) is 9.45. The zero-order chi connectivity index (χ0) is 17.7. The van der Waals surface area contributed by atoms with Crippen LogP contribution in [-0.2, 0) is 14.3 Å². The molecular weight excluding hydrogens is 304 g/mol. The minimum atomic E-state index is -0.420. The summed E-state index contributed by atoms with van der Waals surface area (Å²) in [5.74, 6) is -0.255. The molecule has 0 radical (unpaired) electrons. The van der Waals surface area contributed by atoms with Gasteiger partial charge in [-0.2, -0.15) is 0 Å². The Hall–Kier alpha value is -1.13.